The molecule has 11 heteroatoms. The minimum Gasteiger partial charge on any atom is -0.493 e. The molecule has 1 fully saturated rings. The molecule has 0 radical (unpaired) electrons. The van der Waals surface area contributed by atoms with Gasteiger partial charge < -0.3 is 19.5 Å². The summed E-state index contributed by atoms with van der Waals surface area (Å²) in [6, 6.07) is 18.7. The van der Waals surface area contributed by atoms with Crippen molar-refractivity contribution in [3.8, 4) is 17.2 Å². The summed E-state index contributed by atoms with van der Waals surface area (Å²) >= 11 is 13.0. The van der Waals surface area contributed by atoms with Gasteiger partial charge >= 0.3 is 0 Å². The first kappa shape index (κ1) is 27.4. The predicted molar refractivity (Wildman–Crippen MR) is 148 cm³/mol. The van der Waals surface area contributed by atoms with E-state index in [0.29, 0.717) is 33.5 Å². The Balaban J connectivity index is 1.32. The lowest BCUT2D eigenvalue weighted by Gasteiger charge is -2.14. The van der Waals surface area contributed by atoms with Gasteiger partial charge in [0.2, 0.25) is 0 Å². The Morgan fingerprint density at radius 1 is 0.974 bits per heavy atom. The van der Waals surface area contributed by atoms with E-state index in [-0.39, 0.29) is 40.8 Å². The van der Waals surface area contributed by atoms with Crippen molar-refractivity contribution < 1.29 is 28.6 Å². The number of benzene rings is 3. The van der Waals surface area contributed by atoms with Crippen molar-refractivity contribution in [2.75, 3.05) is 32.2 Å². The summed E-state index contributed by atoms with van der Waals surface area (Å²) in [7, 11) is 1.54. The molecule has 3 aromatic carbocycles. The number of rotatable bonds is 10. The number of carbonyl (C=O) groups is 3. The number of thioether (sulfide) groups is 1. The summed E-state index contributed by atoms with van der Waals surface area (Å²) < 4.78 is 16.4. The van der Waals surface area contributed by atoms with Crippen LogP contribution < -0.4 is 19.5 Å². The smallest absolute Gasteiger partial charge is 0.293 e. The van der Waals surface area contributed by atoms with Crippen LogP contribution in [0.1, 0.15) is 5.56 Å². The molecular weight excluding hydrogens is 551 g/mol. The molecule has 1 saturated heterocycles. The maximum absolute atomic E-state index is 12.8. The van der Waals surface area contributed by atoms with E-state index in [1.54, 1.807) is 66.7 Å². The van der Waals surface area contributed by atoms with Gasteiger partial charge in [0.25, 0.3) is 17.1 Å². The molecule has 0 aromatic heterocycles. The summed E-state index contributed by atoms with van der Waals surface area (Å²) in [5, 5.41) is 3.12. The number of methoxy groups -OCH3 is 1. The maximum Gasteiger partial charge on any atom is 0.293 e. The lowest BCUT2D eigenvalue weighted by molar-refractivity contribution is -0.123. The molecule has 1 aliphatic heterocycles. The number of nitrogens with zero attached hydrogens (tertiary/aromatic N) is 1. The fourth-order valence-corrected chi connectivity index (χ4v) is 4.66. The molecule has 0 unspecified atom stereocenters. The third-order valence-electron chi connectivity index (χ3n) is 5.26. The molecule has 38 heavy (non-hydrogen) atoms. The second kappa shape index (κ2) is 12.7. The molecule has 8 nitrogen and oxygen atoms in total. The molecule has 4 rings (SSSR count). The van der Waals surface area contributed by atoms with Crippen molar-refractivity contribution in [1.82, 2.24) is 4.90 Å². The van der Waals surface area contributed by atoms with Crippen LogP contribution in [0.4, 0.5) is 10.5 Å². The Morgan fingerprint density at radius 2 is 1.71 bits per heavy atom. The number of nitrogens with one attached hydrogen (secondary N) is 1. The molecule has 196 valence electrons. The van der Waals surface area contributed by atoms with E-state index in [2.05, 4.69) is 5.32 Å². The number of hydrogen-bond donors (Lipinski definition) is 1. The van der Waals surface area contributed by atoms with Crippen LogP contribution in [0, 0.1) is 0 Å². The van der Waals surface area contributed by atoms with Crippen LogP contribution in [0.2, 0.25) is 10.0 Å². The van der Waals surface area contributed by atoms with Gasteiger partial charge in [-0.1, -0.05) is 41.4 Å². The van der Waals surface area contributed by atoms with Crippen molar-refractivity contribution in [3.05, 3.63) is 87.2 Å². The molecule has 1 N–H and O–H groups in total. The molecule has 0 atom stereocenters. The molecule has 0 bridgehead atoms. The molecule has 1 heterocycles. The third-order valence-corrected chi connectivity index (χ3v) is 6.71. The number of carbonyl (C=O) groups excluding carboxylic acids is 3. The molecule has 1 aliphatic rings. The van der Waals surface area contributed by atoms with Gasteiger partial charge in [-0.15, -0.1) is 0 Å². The Morgan fingerprint density at radius 3 is 2.42 bits per heavy atom. The number of halogens is 2. The zero-order valence-corrected chi connectivity index (χ0v) is 22.4. The lowest BCUT2D eigenvalue weighted by Crippen LogP contribution is -2.32. The second-order valence-corrected chi connectivity index (χ2v) is 9.70. The zero-order valence-electron chi connectivity index (χ0n) is 20.1. The number of amides is 3. The van der Waals surface area contributed by atoms with Crippen molar-refractivity contribution >= 4 is 63.8 Å². The van der Waals surface area contributed by atoms with E-state index in [9.17, 15) is 14.4 Å². The number of hydrogen-bond acceptors (Lipinski definition) is 7. The highest BCUT2D eigenvalue weighted by molar-refractivity contribution is 8.18. The number of ether oxygens (including phenoxy) is 3. The highest BCUT2D eigenvalue weighted by Crippen LogP contribution is 2.34. The van der Waals surface area contributed by atoms with Crippen molar-refractivity contribution in [2.24, 2.45) is 0 Å². The van der Waals surface area contributed by atoms with E-state index >= 15 is 0 Å². The zero-order chi connectivity index (χ0) is 27.1. The summed E-state index contributed by atoms with van der Waals surface area (Å²) in [5.74, 6) is 0.608. The third kappa shape index (κ3) is 7.00. The van der Waals surface area contributed by atoms with Crippen LogP contribution >= 0.6 is 35.0 Å². The quantitative estimate of drug-likeness (QED) is 0.292. The number of imide groups is 1. The molecule has 0 saturated carbocycles. The van der Waals surface area contributed by atoms with Crippen LogP contribution in [0.15, 0.2) is 71.6 Å². The van der Waals surface area contributed by atoms with Gasteiger partial charge in [0.1, 0.15) is 12.4 Å². The Hall–Kier alpha value is -3.66. The topological polar surface area (TPSA) is 94.2 Å². The molecule has 3 amide bonds. The van der Waals surface area contributed by atoms with Gasteiger partial charge in [-0.05, 0) is 71.9 Å². The lowest BCUT2D eigenvalue weighted by atomic mass is 10.2. The van der Waals surface area contributed by atoms with Crippen molar-refractivity contribution in [2.45, 2.75) is 0 Å². The number of para-hydroxylation sites is 2. The second-order valence-electron chi connectivity index (χ2n) is 7.87. The number of anilines is 1. The van der Waals surface area contributed by atoms with E-state index in [4.69, 9.17) is 37.4 Å². The van der Waals surface area contributed by atoms with Crippen LogP contribution in [0.5, 0.6) is 17.2 Å². The minimum atomic E-state index is -0.418. The van der Waals surface area contributed by atoms with Gasteiger partial charge in [0.15, 0.2) is 18.1 Å². The Labute approximate surface area is 233 Å². The summed E-state index contributed by atoms with van der Waals surface area (Å²) in [5.41, 5.74) is 1.19. The van der Waals surface area contributed by atoms with Crippen LogP contribution in [-0.4, -0.2) is 48.8 Å². The standard InChI is InChI=1S/C27H22Cl2N2O6S/c1-35-22-4-2-3-5-23(22)36-13-12-31-26(33)24(38-27(31)34)15-17-6-11-21(20(29)14-17)37-16-25(32)30-19-9-7-18(28)8-10-19/h2-11,14-15H,12-13,16H2,1H3,(H,30,32)/b24-15-. The minimum absolute atomic E-state index is 0.0890. The predicted octanol–water partition coefficient (Wildman–Crippen LogP) is 6.13. The highest BCUT2D eigenvalue weighted by atomic mass is 35.5. The SMILES string of the molecule is COc1ccccc1OCCN1C(=O)S/C(=C\c2ccc(OCC(=O)Nc3ccc(Cl)cc3)c(Cl)c2)C1=O. The van der Waals surface area contributed by atoms with E-state index in [1.165, 1.54) is 7.11 Å². The molecule has 0 spiro atoms. The van der Waals surface area contributed by atoms with E-state index in [1.807, 2.05) is 6.07 Å². The Bertz CT molecular complexity index is 1380. The van der Waals surface area contributed by atoms with Crippen LogP contribution in [0.3, 0.4) is 0 Å². The van der Waals surface area contributed by atoms with Gasteiger partial charge in [-0.3, -0.25) is 19.3 Å². The monoisotopic (exact) mass is 572 g/mol. The summed E-state index contributed by atoms with van der Waals surface area (Å²) in [4.78, 5) is 38.8. The molecule has 0 aliphatic carbocycles. The van der Waals surface area contributed by atoms with Crippen LogP contribution in [0.25, 0.3) is 6.08 Å². The first-order valence-corrected chi connectivity index (χ1v) is 12.9. The van der Waals surface area contributed by atoms with Gasteiger partial charge in [-0.2, -0.15) is 0 Å². The van der Waals surface area contributed by atoms with E-state index < -0.39 is 5.91 Å². The fourth-order valence-electron chi connectivity index (χ4n) is 3.43. The average molecular weight is 573 g/mol. The highest BCUT2D eigenvalue weighted by Gasteiger charge is 2.34. The van der Waals surface area contributed by atoms with Crippen molar-refractivity contribution in [3.63, 3.8) is 0 Å². The average Bonchev–Trinajstić information content (AvgIpc) is 3.17. The molecule has 3 aromatic rings. The van der Waals surface area contributed by atoms with E-state index in [0.717, 1.165) is 16.7 Å². The Kier molecular flexibility index (Phi) is 9.17. The van der Waals surface area contributed by atoms with Gasteiger partial charge in [0, 0.05) is 10.7 Å². The summed E-state index contributed by atoms with van der Waals surface area (Å²) in [6.45, 7) is -0.0433. The fraction of sp³-hybridized carbons (Fsp3) is 0.148. The molecular formula is C27H22Cl2N2O6S. The largest absolute Gasteiger partial charge is 0.493 e. The van der Waals surface area contributed by atoms with Gasteiger partial charge in [0.05, 0.1) is 23.6 Å². The van der Waals surface area contributed by atoms with Crippen LogP contribution in [-0.2, 0) is 9.59 Å². The normalized spacial score (nSPS) is 14.1. The van der Waals surface area contributed by atoms with Gasteiger partial charge in [-0.25, -0.2) is 0 Å². The first-order chi connectivity index (χ1) is 18.3. The van der Waals surface area contributed by atoms with Crippen molar-refractivity contribution in [1.29, 1.82) is 0 Å². The maximum atomic E-state index is 12.8. The summed E-state index contributed by atoms with van der Waals surface area (Å²) in [6.07, 6.45) is 1.58. The first-order valence-electron chi connectivity index (χ1n) is 11.3.